The summed E-state index contributed by atoms with van der Waals surface area (Å²) in [5.74, 6) is 1.07. The van der Waals surface area contributed by atoms with E-state index in [-0.39, 0.29) is 29.7 Å². The molecule has 6 rings (SSSR count). The molecule has 0 radical (unpaired) electrons. The summed E-state index contributed by atoms with van der Waals surface area (Å²) in [5.41, 5.74) is 10.5. The molecule has 10 heteroatoms. The third kappa shape index (κ3) is 4.04. The molecule has 2 unspecified atom stereocenters. The largest absolute Gasteiger partial charge is 0.383 e. The van der Waals surface area contributed by atoms with Crippen LogP contribution in [-0.4, -0.2) is 67.1 Å². The van der Waals surface area contributed by atoms with Gasteiger partial charge in [0.1, 0.15) is 11.6 Å². The number of Topliss-reactive ketones (excluding diaryl/α,β-unsaturated/α-hetero) is 1. The quantitative estimate of drug-likeness (QED) is 0.391. The number of nitrogens with one attached hydrogen (secondary N) is 1. The van der Waals surface area contributed by atoms with E-state index in [1.165, 1.54) is 19.8 Å². The molecule has 192 valence electrons. The van der Waals surface area contributed by atoms with Crippen LogP contribution in [0, 0.1) is 0 Å². The minimum Gasteiger partial charge on any atom is -0.383 e. The molecular weight excluding hydrogens is 468 g/mol. The van der Waals surface area contributed by atoms with E-state index in [0.29, 0.717) is 34.5 Å². The van der Waals surface area contributed by atoms with E-state index >= 15 is 0 Å². The second kappa shape index (κ2) is 8.93. The molecule has 2 aliphatic heterocycles. The van der Waals surface area contributed by atoms with Crippen LogP contribution in [-0.2, 0) is 4.79 Å². The van der Waals surface area contributed by atoms with Crippen LogP contribution in [0.25, 0.3) is 16.8 Å². The van der Waals surface area contributed by atoms with Crippen LogP contribution in [0.4, 0.5) is 11.6 Å². The van der Waals surface area contributed by atoms with Gasteiger partial charge in [0.05, 0.1) is 23.2 Å². The number of piperidine rings is 1. The van der Waals surface area contributed by atoms with Gasteiger partial charge >= 0.3 is 0 Å². The zero-order valence-corrected chi connectivity index (χ0v) is 21.4. The summed E-state index contributed by atoms with van der Waals surface area (Å²) in [4.78, 5) is 41.5. The van der Waals surface area contributed by atoms with Gasteiger partial charge in [-0.05, 0) is 64.5 Å². The van der Waals surface area contributed by atoms with Crippen LogP contribution in [0.5, 0.6) is 0 Å². The van der Waals surface area contributed by atoms with Gasteiger partial charge in [0.2, 0.25) is 0 Å². The third-order valence-corrected chi connectivity index (χ3v) is 8.07. The number of pyridine rings is 1. The maximum atomic E-state index is 13.0. The van der Waals surface area contributed by atoms with Crippen molar-refractivity contribution in [2.45, 2.75) is 76.4 Å². The van der Waals surface area contributed by atoms with Gasteiger partial charge in [0.15, 0.2) is 11.4 Å². The van der Waals surface area contributed by atoms with E-state index in [9.17, 15) is 9.59 Å². The molecule has 1 aliphatic carbocycles. The molecule has 3 fully saturated rings. The molecule has 0 spiro atoms. The van der Waals surface area contributed by atoms with Crippen LogP contribution in [0.1, 0.15) is 74.3 Å². The van der Waals surface area contributed by atoms with Gasteiger partial charge in [0.25, 0.3) is 5.91 Å². The Morgan fingerprint density at radius 1 is 1.08 bits per heavy atom. The van der Waals surface area contributed by atoms with Crippen LogP contribution < -0.4 is 11.1 Å². The summed E-state index contributed by atoms with van der Waals surface area (Å²) in [5, 5.41) is 7.88. The van der Waals surface area contributed by atoms with Crippen molar-refractivity contribution in [2.24, 2.45) is 4.99 Å². The van der Waals surface area contributed by atoms with Crippen LogP contribution in [0.15, 0.2) is 29.5 Å². The Kier molecular flexibility index (Phi) is 5.69. The number of anilines is 2. The maximum Gasteiger partial charge on any atom is 0.267 e. The standard InChI is InChI=1S/C27H32N8O2/c1-14(29-3)27(37)34-19-7-8-20(34)11-17(10-19)24-23(15(2)36)25(28)35-26(33-24)21(13-31-35)16-4-9-22(30-12-16)32-18-5-6-18/h4,9,12-13,17-20H,5-8,10-11,28H2,1-3H3,(H,30,32). The van der Waals surface area contributed by atoms with E-state index < -0.39 is 0 Å². The van der Waals surface area contributed by atoms with Gasteiger partial charge in [-0.25, -0.2) is 9.97 Å². The molecular formula is C27H32N8O2. The first-order chi connectivity index (χ1) is 17.9. The Bertz CT molecular complexity index is 1410. The lowest BCUT2D eigenvalue weighted by Crippen LogP contribution is -2.48. The van der Waals surface area contributed by atoms with Gasteiger partial charge in [-0.2, -0.15) is 9.61 Å². The van der Waals surface area contributed by atoms with Crippen LogP contribution in [0.2, 0.25) is 0 Å². The molecule has 1 saturated carbocycles. The highest BCUT2D eigenvalue weighted by molar-refractivity contribution is 6.38. The zero-order chi connectivity index (χ0) is 25.8. The number of nitrogens with zero attached hydrogens (tertiary/aromatic N) is 6. The summed E-state index contributed by atoms with van der Waals surface area (Å²) < 4.78 is 1.56. The fourth-order valence-electron chi connectivity index (χ4n) is 5.98. The van der Waals surface area contributed by atoms with Crippen LogP contribution >= 0.6 is 0 Å². The fraction of sp³-hybridized carbons (Fsp3) is 0.481. The van der Waals surface area contributed by atoms with E-state index in [1.807, 2.05) is 23.2 Å². The van der Waals surface area contributed by atoms with Gasteiger partial charge in [0, 0.05) is 48.4 Å². The first-order valence-corrected chi connectivity index (χ1v) is 13.0. The Hall–Kier alpha value is -3.82. The zero-order valence-electron chi connectivity index (χ0n) is 21.4. The highest BCUT2D eigenvalue weighted by Crippen LogP contribution is 2.44. The molecule has 3 N–H and O–H groups in total. The average molecular weight is 501 g/mol. The number of nitrogen functional groups attached to an aromatic ring is 1. The Morgan fingerprint density at radius 3 is 2.41 bits per heavy atom. The van der Waals surface area contributed by atoms with E-state index in [1.54, 1.807) is 24.7 Å². The lowest BCUT2D eigenvalue weighted by molar-refractivity contribution is -0.128. The number of rotatable bonds is 6. The molecule has 37 heavy (non-hydrogen) atoms. The Labute approximate surface area is 215 Å². The molecule has 5 heterocycles. The molecule has 2 bridgehead atoms. The summed E-state index contributed by atoms with van der Waals surface area (Å²) in [6.07, 6.45) is 9.30. The number of amides is 1. The summed E-state index contributed by atoms with van der Waals surface area (Å²) in [6.45, 7) is 3.29. The van der Waals surface area contributed by atoms with E-state index in [4.69, 9.17) is 10.7 Å². The number of carbonyl (C=O) groups is 2. The first-order valence-electron chi connectivity index (χ1n) is 13.0. The van der Waals surface area contributed by atoms with Crippen molar-refractivity contribution in [3.8, 4) is 11.1 Å². The maximum absolute atomic E-state index is 13.0. The molecule has 3 aromatic heterocycles. The van der Waals surface area contributed by atoms with Gasteiger partial charge in [-0.1, -0.05) is 0 Å². The number of hydrogen-bond donors (Lipinski definition) is 2. The second-order valence-electron chi connectivity index (χ2n) is 10.5. The van der Waals surface area contributed by atoms with Crippen molar-refractivity contribution in [3.63, 3.8) is 0 Å². The minimum atomic E-state index is -0.129. The highest BCUT2D eigenvalue weighted by Gasteiger charge is 2.45. The third-order valence-electron chi connectivity index (χ3n) is 8.07. The summed E-state index contributed by atoms with van der Waals surface area (Å²) >= 11 is 0. The van der Waals surface area contributed by atoms with Gasteiger partial charge < -0.3 is 16.0 Å². The molecule has 3 aliphatic rings. The van der Waals surface area contributed by atoms with E-state index in [0.717, 1.165) is 42.6 Å². The lowest BCUT2D eigenvalue weighted by Gasteiger charge is -2.39. The Balaban J connectivity index is 1.38. The number of ketones is 1. The average Bonchev–Trinajstić information content (AvgIpc) is 3.54. The lowest BCUT2D eigenvalue weighted by atomic mass is 9.85. The van der Waals surface area contributed by atoms with Crippen molar-refractivity contribution in [1.29, 1.82) is 0 Å². The SMILES string of the molecule is CN=C(C)C(=O)N1C2CCC1CC(c1nc3c(-c4ccc(NC5CC5)nc4)cnn3c(N)c1C(C)=O)C2. The first kappa shape index (κ1) is 23.6. The van der Waals surface area contributed by atoms with Crippen LogP contribution in [0.3, 0.4) is 0 Å². The molecule has 2 atom stereocenters. The van der Waals surface area contributed by atoms with Crippen molar-refractivity contribution in [2.75, 3.05) is 18.1 Å². The van der Waals surface area contributed by atoms with Gasteiger partial charge in [-0.3, -0.25) is 14.6 Å². The van der Waals surface area contributed by atoms with Crippen molar-refractivity contribution in [1.82, 2.24) is 24.5 Å². The predicted octanol–water partition coefficient (Wildman–Crippen LogP) is 3.48. The fourth-order valence-corrected chi connectivity index (χ4v) is 5.98. The van der Waals surface area contributed by atoms with E-state index in [2.05, 4.69) is 20.4 Å². The Morgan fingerprint density at radius 2 is 1.81 bits per heavy atom. The number of aromatic nitrogens is 4. The second-order valence-corrected chi connectivity index (χ2v) is 10.5. The van der Waals surface area contributed by atoms with Crippen molar-refractivity contribution < 1.29 is 9.59 Å². The highest BCUT2D eigenvalue weighted by atomic mass is 16.2. The molecule has 3 aromatic rings. The smallest absolute Gasteiger partial charge is 0.267 e. The molecule has 10 nitrogen and oxygen atoms in total. The monoisotopic (exact) mass is 500 g/mol. The molecule has 2 saturated heterocycles. The normalized spacial score (nSPS) is 23.5. The molecule has 1 amide bonds. The summed E-state index contributed by atoms with van der Waals surface area (Å²) in [7, 11) is 1.65. The van der Waals surface area contributed by atoms with Crippen molar-refractivity contribution >= 4 is 34.7 Å². The number of carbonyl (C=O) groups excluding carboxylic acids is 2. The number of hydrogen-bond acceptors (Lipinski definition) is 8. The number of fused-ring (bicyclic) bond motifs is 3. The molecule has 0 aromatic carbocycles. The summed E-state index contributed by atoms with van der Waals surface area (Å²) in [6, 6.07) is 4.71. The number of nitrogens with two attached hydrogens (primary N) is 1. The minimum absolute atomic E-state index is 0.00775. The van der Waals surface area contributed by atoms with Gasteiger partial charge in [-0.15, -0.1) is 0 Å². The van der Waals surface area contributed by atoms with Crippen molar-refractivity contribution in [3.05, 3.63) is 35.8 Å². The predicted molar refractivity (Wildman–Crippen MR) is 142 cm³/mol. The topological polar surface area (TPSA) is 131 Å². The number of aliphatic imine (C=N–C) groups is 1.